The van der Waals surface area contributed by atoms with E-state index in [2.05, 4.69) is 19.9 Å². The van der Waals surface area contributed by atoms with Crippen LogP contribution in [0.5, 0.6) is 0 Å². The Morgan fingerprint density at radius 1 is 1.29 bits per heavy atom. The average molecular weight is 300 g/mol. The van der Waals surface area contributed by atoms with Crippen LogP contribution in [0.3, 0.4) is 0 Å². The highest BCUT2D eigenvalue weighted by molar-refractivity contribution is 7.10. The van der Waals surface area contributed by atoms with Gasteiger partial charge in [0.05, 0.1) is 17.3 Å². The Kier molecular flexibility index (Phi) is 5.11. The average Bonchev–Trinajstić information content (AvgIpc) is 3.03. The Labute approximate surface area is 130 Å². The van der Waals surface area contributed by atoms with E-state index in [9.17, 15) is 0 Å². The van der Waals surface area contributed by atoms with Crippen LogP contribution >= 0.6 is 11.3 Å². The van der Waals surface area contributed by atoms with Gasteiger partial charge in [0, 0.05) is 17.6 Å². The molecule has 0 amide bonds. The largest absolute Gasteiger partial charge is 0.368 e. The maximum atomic E-state index is 9.00. The minimum atomic E-state index is -0.287. The third-order valence-corrected chi connectivity index (χ3v) is 4.77. The lowest BCUT2D eigenvalue weighted by atomic mass is 9.98. The SMILES string of the molecule is CCOC(CC)(CC)c1nc(-c2cccc(C#N)c2)cs1. The number of rotatable bonds is 6. The summed E-state index contributed by atoms with van der Waals surface area (Å²) >= 11 is 1.63. The molecule has 2 aromatic rings. The van der Waals surface area contributed by atoms with E-state index in [-0.39, 0.29) is 5.60 Å². The molecule has 0 saturated carbocycles. The summed E-state index contributed by atoms with van der Waals surface area (Å²) in [5, 5.41) is 12.1. The van der Waals surface area contributed by atoms with Crippen LogP contribution in [0.4, 0.5) is 0 Å². The van der Waals surface area contributed by atoms with Gasteiger partial charge in [-0.25, -0.2) is 4.98 Å². The fraction of sp³-hybridized carbons (Fsp3) is 0.412. The Morgan fingerprint density at radius 3 is 2.67 bits per heavy atom. The molecule has 0 N–H and O–H groups in total. The predicted molar refractivity (Wildman–Crippen MR) is 86.2 cm³/mol. The fourth-order valence-corrected chi connectivity index (χ4v) is 3.58. The normalized spacial score (nSPS) is 11.3. The number of nitriles is 1. The molecule has 110 valence electrons. The molecule has 0 spiro atoms. The highest BCUT2D eigenvalue weighted by Crippen LogP contribution is 2.37. The molecule has 1 heterocycles. The van der Waals surface area contributed by atoms with Crippen molar-refractivity contribution >= 4 is 11.3 Å². The van der Waals surface area contributed by atoms with Gasteiger partial charge >= 0.3 is 0 Å². The van der Waals surface area contributed by atoms with Crippen molar-refractivity contribution in [3.63, 3.8) is 0 Å². The molecule has 0 aliphatic heterocycles. The summed E-state index contributed by atoms with van der Waals surface area (Å²) in [6.45, 7) is 6.97. The highest BCUT2D eigenvalue weighted by Gasteiger charge is 2.32. The minimum absolute atomic E-state index is 0.287. The van der Waals surface area contributed by atoms with Gasteiger partial charge in [0.25, 0.3) is 0 Å². The maximum Gasteiger partial charge on any atom is 0.125 e. The summed E-state index contributed by atoms with van der Waals surface area (Å²) in [5.74, 6) is 0. The van der Waals surface area contributed by atoms with E-state index in [1.807, 2.05) is 30.5 Å². The summed E-state index contributed by atoms with van der Waals surface area (Å²) < 4.78 is 6.00. The molecule has 1 aromatic heterocycles. The van der Waals surface area contributed by atoms with Crippen molar-refractivity contribution in [2.75, 3.05) is 6.61 Å². The van der Waals surface area contributed by atoms with Crippen molar-refractivity contribution in [2.45, 2.75) is 39.2 Å². The number of hydrogen-bond donors (Lipinski definition) is 0. The van der Waals surface area contributed by atoms with Crippen molar-refractivity contribution in [3.8, 4) is 17.3 Å². The van der Waals surface area contributed by atoms with Gasteiger partial charge in [0.1, 0.15) is 10.6 Å². The fourth-order valence-electron chi connectivity index (χ4n) is 2.46. The number of hydrogen-bond acceptors (Lipinski definition) is 4. The van der Waals surface area contributed by atoms with Crippen molar-refractivity contribution < 1.29 is 4.74 Å². The molecule has 0 bridgehead atoms. The first-order chi connectivity index (χ1) is 10.2. The van der Waals surface area contributed by atoms with Gasteiger partial charge in [-0.2, -0.15) is 5.26 Å². The van der Waals surface area contributed by atoms with Crippen LogP contribution < -0.4 is 0 Å². The maximum absolute atomic E-state index is 9.00. The van der Waals surface area contributed by atoms with Gasteiger partial charge in [-0.1, -0.05) is 26.0 Å². The van der Waals surface area contributed by atoms with E-state index in [0.29, 0.717) is 12.2 Å². The summed E-state index contributed by atoms with van der Waals surface area (Å²) in [4.78, 5) is 4.77. The zero-order valence-corrected chi connectivity index (χ0v) is 13.5. The van der Waals surface area contributed by atoms with Crippen molar-refractivity contribution in [1.82, 2.24) is 4.98 Å². The highest BCUT2D eigenvalue weighted by atomic mass is 32.1. The summed E-state index contributed by atoms with van der Waals surface area (Å²) in [7, 11) is 0. The third-order valence-electron chi connectivity index (χ3n) is 3.74. The Balaban J connectivity index is 2.38. The molecular weight excluding hydrogens is 280 g/mol. The van der Waals surface area contributed by atoms with Crippen molar-refractivity contribution in [3.05, 3.63) is 40.2 Å². The van der Waals surface area contributed by atoms with Gasteiger partial charge < -0.3 is 4.74 Å². The van der Waals surface area contributed by atoms with Gasteiger partial charge in [-0.05, 0) is 31.9 Å². The minimum Gasteiger partial charge on any atom is -0.368 e. The van der Waals surface area contributed by atoms with Crippen LogP contribution in [0.15, 0.2) is 29.6 Å². The molecule has 0 fully saturated rings. The summed E-state index contributed by atoms with van der Waals surface area (Å²) in [6, 6.07) is 9.72. The Morgan fingerprint density at radius 2 is 2.05 bits per heavy atom. The number of benzene rings is 1. The first-order valence-electron chi connectivity index (χ1n) is 7.29. The molecule has 0 aliphatic rings. The van der Waals surface area contributed by atoms with Crippen LogP contribution in [0, 0.1) is 11.3 Å². The van der Waals surface area contributed by atoms with Gasteiger partial charge in [-0.3, -0.25) is 0 Å². The Bertz CT molecular complexity index is 638. The zero-order valence-electron chi connectivity index (χ0n) is 12.7. The van der Waals surface area contributed by atoms with Crippen LogP contribution in [0.2, 0.25) is 0 Å². The molecule has 0 aliphatic carbocycles. The molecule has 4 heteroatoms. The number of aromatic nitrogens is 1. The van der Waals surface area contributed by atoms with Crippen LogP contribution in [0.25, 0.3) is 11.3 Å². The smallest absolute Gasteiger partial charge is 0.125 e. The van der Waals surface area contributed by atoms with Crippen LogP contribution in [-0.2, 0) is 10.3 Å². The second-order valence-electron chi connectivity index (χ2n) is 4.86. The summed E-state index contributed by atoms with van der Waals surface area (Å²) in [5.41, 5.74) is 2.26. The van der Waals surface area contributed by atoms with E-state index in [4.69, 9.17) is 15.0 Å². The molecular formula is C17H20N2OS. The first kappa shape index (κ1) is 15.7. The number of ether oxygens (including phenoxy) is 1. The molecule has 2 rings (SSSR count). The van der Waals surface area contributed by atoms with Crippen LogP contribution in [-0.4, -0.2) is 11.6 Å². The second-order valence-corrected chi connectivity index (χ2v) is 5.72. The summed E-state index contributed by atoms with van der Waals surface area (Å²) in [6.07, 6.45) is 1.81. The lowest BCUT2D eigenvalue weighted by Gasteiger charge is -2.29. The van der Waals surface area contributed by atoms with Gasteiger partial charge in [-0.15, -0.1) is 11.3 Å². The molecule has 3 nitrogen and oxygen atoms in total. The monoisotopic (exact) mass is 300 g/mol. The van der Waals surface area contributed by atoms with E-state index in [1.54, 1.807) is 17.4 Å². The number of thiazole rings is 1. The number of nitrogens with zero attached hydrogens (tertiary/aromatic N) is 2. The van der Waals surface area contributed by atoms with E-state index >= 15 is 0 Å². The Hall–Kier alpha value is -1.70. The lowest BCUT2D eigenvalue weighted by Crippen LogP contribution is -2.28. The predicted octanol–water partition coefficient (Wildman–Crippen LogP) is 4.73. The molecule has 0 radical (unpaired) electrons. The molecule has 0 saturated heterocycles. The van der Waals surface area contributed by atoms with Gasteiger partial charge in [0.15, 0.2) is 0 Å². The molecule has 0 atom stereocenters. The first-order valence-corrected chi connectivity index (χ1v) is 8.17. The van der Waals surface area contributed by atoms with E-state index in [1.165, 1.54) is 0 Å². The van der Waals surface area contributed by atoms with Crippen LogP contribution in [0.1, 0.15) is 44.2 Å². The molecule has 21 heavy (non-hydrogen) atoms. The standard InChI is InChI=1S/C17H20N2OS/c1-4-17(5-2,20-6-3)16-19-15(12-21-16)14-9-7-8-13(10-14)11-18/h7-10,12H,4-6H2,1-3H3. The van der Waals surface area contributed by atoms with Gasteiger partial charge in [0.2, 0.25) is 0 Å². The van der Waals surface area contributed by atoms with Crippen molar-refractivity contribution in [2.24, 2.45) is 0 Å². The molecule has 0 unspecified atom stereocenters. The van der Waals surface area contributed by atoms with Crippen molar-refractivity contribution in [1.29, 1.82) is 5.26 Å². The lowest BCUT2D eigenvalue weighted by molar-refractivity contribution is -0.0505. The van der Waals surface area contributed by atoms with E-state index in [0.717, 1.165) is 29.1 Å². The van der Waals surface area contributed by atoms with E-state index < -0.39 is 0 Å². The topological polar surface area (TPSA) is 45.9 Å². The molecule has 1 aromatic carbocycles. The third kappa shape index (κ3) is 3.15. The quantitative estimate of drug-likeness (QED) is 0.774. The second kappa shape index (κ2) is 6.84. The zero-order chi connectivity index (χ0) is 15.3.